The predicted molar refractivity (Wildman–Crippen MR) is 66.2 cm³/mol. The molecular formula is C13H14N4O2. The van der Waals surface area contributed by atoms with Crippen LogP contribution in [0.15, 0.2) is 23.0 Å². The molecule has 0 N–H and O–H groups in total. The van der Waals surface area contributed by atoms with Crippen LogP contribution in [-0.2, 0) is 4.79 Å². The molecule has 98 valence electrons. The van der Waals surface area contributed by atoms with Crippen LogP contribution < -0.4 is 0 Å². The van der Waals surface area contributed by atoms with E-state index in [1.54, 1.807) is 18.5 Å². The summed E-state index contributed by atoms with van der Waals surface area (Å²) in [6.07, 6.45) is 7.70. The molecule has 0 radical (unpaired) electrons. The van der Waals surface area contributed by atoms with Crippen molar-refractivity contribution in [1.82, 2.24) is 20.1 Å². The molecule has 1 unspecified atom stereocenters. The van der Waals surface area contributed by atoms with Gasteiger partial charge in [0.25, 0.3) is 0 Å². The molecular weight excluding hydrogens is 244 g/mol. The Labute approximate surface area is 110 Å². The molecule has 6 heteroatoms. The Morgan fingerprint density at radius 2 is 1.95 bits per heavy atom. The Morgan fingerprint density at radius 3 is 2.79 bits per heavy atom. The Hall–Kier alpha value is -2.11. The van der Waals surface area contributed by atoms with Crippen molar-refractivity contribution in [2.24, 2.45) is 0 Å². The van der Waals surface area contributed by atoms with Crippen LogP contribution in [-0.4, -0.2) is 25.9 Å². The van der Waals surface area contributed by atoms with E-state index in [0.29, 0.717) is 24.0 Å². The lowest BCUT2D eigenvalue weighted by molar-refractivity contribution is -0.120. The van der Waals surface area contributed by atoms with E-state index in [1.807, 2.05) is 0 Å². The first-order chi connectivity index (χ1) is 9.34. The zero-order chi connectivity index (χ0) is 13.1. The second-order valence-electron chi connectivity index (χ2n) is 4.65. The Kier molecular flexibility index (Phi) is 3.31. The molecule has 1 aliphatic rings. The van der Waals surface area contributed by atoms with Gasteiger partial charge in [0.05, 0.1) is 5.92 Å². The van der Waals surface area contributed by atoms with Gasteiger partial charge in [-0.1, -0.05) is 18.0 Å². The number of rotatable bonds is 2. The van der Waals surface area contributed by atoms with E-state index in [4.69, 9.17) is 4.52 Å². The number of nitrogens with zero attached hydrogens (tertiary/aromatic N) is 4. The van der Waals surface area contributed by atoms with Gasteiger partial charge in [0, 0.05) is 18.8 Å². The van der Waals surface area contributed by atoms with Crippen LogP contribution in [0.2, 0.25) is 0 Å². The SMILES string of the molecule is O=C1CCCCCC1c1nc(-c2ncccn2)no1. The zero-order valence-corrected chi connectivity index (χ0v) is 10.5. The topological polar surface area (TPSA) is 81.8 Å². The predicted octanol–water partition coefficient (Wildman–Crippen LogP) is 2.14. The van der Waals surface area contributed by atoms with Crippen LogP contribution in [0.1, 0.15) is 43.9 Å². The summed E-state index contributed by atoms with van der Waals surface area (Å²) in [5, 5.41) is 3.86. The molecule has 0 spiro atoms. The third kappa shape index (κ3) is 2.52. The Bertz CT molecular complexity index is 567. The molecule has 0 aromatic carbocycles. The first-order valence-electron chi connectivity index (χ1n) is 6.48. The molecule has 1 saturated carbocycles. The molecule has 0 saturated heterocycles. The van der Waals surface area contributed by atoms with Crippen LogP contribution in [0.25, 0.3) is 11.6 Å². The number of hydrogen-bond acceptors (Lipinski definition) is 6. The second-order valence-corrected chi connectivity index (χ2v) is 4.65. The third-order valence-electron chi connectivity index (χ3n) is 3.31. The van der Waals surface area contributed by atoms with Gasteiger partial charge in [0.2, 0.25) is 17.5 Å². The second kappa shape index (κ2) is 5.26. The standard InChI is InChI=1S/C13H14N4O2/c18-10-6-3-1-2-5-9(10)13-16-12(17-19-13)11-14-7-4-8-15-11/h4,7-9H,1-3,5-6H2. The van der Waals surface area contributed by atoms with Crippen molar-refractivity contribution in [3.05, 3.63) is 24.4 Å². The quantitative estimate of drug-likeness (QED) is 0.767. The number of aromatic nitrogens is 4. The average molecular weight is 258 g/mol. The number of hydrogen-bond donors (Lipinski definition) is 0. The van der Waals surface area contributed by atoms with Gasteiger partial charge in [0.15, 0.2) is 0 Å². The van der Waals surface area contributed by atoms with Crippen LogP contribution in [0.5, 0.6) is 0 Å². The van der Waals surface area contributed by atoms with E-state index in [-0.39, 0.29) is 11.7 Å². The van der Waals surface area contributed by atoms with Crippen molar-refractivity contribution in [1.29, 1.82) is 0 Å². The first-order valence-corrected chi connectivity index (χ1v) is 6.48. The van der Waals surface area contributed by atoms with Crippen LogP contribution in [0, 0.1) is 0 Å². The highest BCUT2D eigenvalue weighted by Crippen LogP contribution is 2.28. The summed E-state index contributed by atoms with van der Waals surface area (Å²) in [5.41, 5.74) is 0. The maximum Gasteiger partial charge on any atom is 0.240 e. The normalized spacial score (nSPS) is 20.2. The zero-order valence-electron chi connectivity index (χ0n) is 10.5. The van der Waals surface area contributed by atoms with Gasteiger partial charge in [-0.25, -0.2) is 9.97 Å². The van der Waals surface area contributed by atoms with Crippen molar-refractivity contribution >= 4 is 5.78 Å². The fraction of sp³-hybridized carbons (Fsp3) is 0.462. The van der Waals surface area contributed by atoms with Crippen LogP contribution >= 0.6 is 0 Å². The molecule has 3 rings (SSSR count). The summed E-state index contributed by atoms with van der Waals surface area (Å²) < 4.78 is 5.22. The minimum Gasteiger partial charge on any atom is -0.338 e. The van der Waals surface area contributed by atoms with E-state index in [9.17, 15) is 4.79 Å². The third-order valence-corrected chi connectivity index (χ3v) is 3.31. The molecule has 1 fully saturated rings. The summed E-state index contributed by atoms with van der Waals surface area (Å²) in [4.78, 5) is 24.4. The molecule has 1 aliphatic carbocycles. The highest BCUT2D eigenvalue weighted by molar-refractivity contribution is 5.84. The lowest BCUT2D eigenvalue weighted by atomic mass is 9.99. The minimum atomic E-state index is -0.257. The molecule has 19 heavy (non-hydrogen) atoms. The molecule has 0 bridgehead atoms. The smallest absolute Gasteiger partial charge is 0.240 e. The largest absolute Gasteiger partial charge is 0.338 e. The van der Waals surface area contributed by atoms with Crippen molar-refractivity contribution in [3.63, 3.8) is 0 Å². The molecule has 2 aromatic heterocycles. The fourth-order valence-corrected chi connectivity index (χ4v) is 2.30. The minimum absolute atomic E-state index is 0.196. The molecule has 1 atom stereocenters. The molecule has 0 amide bonds. The number of carbonyl (C=O) groups is 1. The van der Waals surface area contributed by atoms with Gasteiger partial charge in [-0.2, -0.15) is 4.98 Å². The summed E-state index contributed by atoms with van der Waals surface area (Å²) in [7, 11) is 0. The van der Waals surface area contributed by atoms with Crippen molar-refractivity contribution in [2.45, 2.75) is 38.0 Å². The number of Topliss-reactive ketones (excluding diaryl/α,β-unsaturated/α-hetero) is 1. The number of ketones is 1. The average Bonchev–Trinajstić information content (AvgIpc) is 2.83. The van der Waals surface area contributed by atoms with Gasteiger partial charge in [-0.3, -0.25) is 4.79 Å². The maximum absolute atomic E-state index is 12.0. The molecule has 2 aromatic rings. The fourth-order valence-electron chi connectivity index (χ4n) is 2.30. The highest BCUT2D eigenvalue weighted by atomic mass is 16.5. The Balaban J connectivity index is 1.86. The van der Waals surface area contributed by atoms with E-state index >= 15 is 0 Å². The van der Waals surface area contributed by atoms with E-state index in [2.05, 4.69) is 20.1 Å². The molecule has 6 nitrogen and oxygen atoms in total. The number of carbonyl (C=O) groups excluding carboxylic acids is 1. The van der Waals surface area contributed by atoms with E-state index in [0.717, 1.165) is 25.7 Å². The van der Waals surface area contributed by atoms with Crippen LogP contribution in [0.3, 0.4) is 0 Å². The van der Waals surface area contributed by atoms with Crippen molar-refractivity contribution < 1.29 is 9.32 Å². The monoisotopic (exact) mass is 258 g/mol. The van der Waals surface area contributed by atoms with E-state index < -0.39 is 0 Å². The van der Waals surface area contributed by atoms with Gasteiger partial charge >= 0.3 is 0 Å². The lowest BCUT2D eigenvalue weighted by Gasteiger charge is -2.06. The highest BCUT2D eigenvalue weighted by Gasteiger charge is 2.28. The summed E-state index contributed by atoms with van der Waals surface area (Å²) in [6, 6.07) is 1.72. The Morgan fingerprint density at radius 1 is 1.11 bits per heavy atom. The summed E-state index contributed by atoms with van der Waals surface area (Å²) in [6.45, 7) is 0. The van der Waals surface area contributed by atoms with Gasteiger partial charge in [-0.05, 0) is 18.9 Å². The van der Waals surface area contributed by atoms with Gasteiger partial charge in [-0.15, -0.1) is 0 Å². The lowest BCUT2D eigenvalue weighted by Crippen LogP contribution is -2.10. The summed E-state index contributed by atoms with van der Waals surface area (Å²) in [5.74, 6) is 1.09. The summed E-state index contributed by atoms with van der Waals surface area (Å²) >= 11 is 0. The van der Waals surface area contributed by atoms with Gasteiger partial charge in [0.1, 0.15) is 5.78 Å². The maximum atomic E-state index is 12.0. The molecule has 0 aliphatic heterocycles. The first kappa shape index (κ1) is 12.0. The molecule has 2 heterocycles. The van der Waals surface area contributed by atoms with E-state index in [1.165, 1.54) is 0 Å². The van der Waals surface area contributed by atoms with Crippen molar-refractivity contribution in [3.8, 4) is 11.6 Å². The van der Waals surface area contributed by atoms with Crippen molar-refractivity contribution in [2.75, 3.05) is 0 Å². The van der Waals surface area contributed by atoms with Crippen LogP contribution in [0.4, 0.5) is 0 Å². The van der Waals surface area contributed by atoms with Gasteiger partial charge < -0.3 is 4.52 Å².